The Morgan fingerprint density at radius 1 is 1.27 bits per heavy atom. The average Bonchev–Trinajstić information content (AvgIpc) is 3.29. The lowest BCUT2D eigenvalue weighted by Gasteiger charge is -2.48. The number of aryl methyl sites for hydroxylation is 1. The zero-order valence-corrected chi connectivity index (χ0v) is 15.9. The predicted molar refractivity (Wildman–Crippen MR) is 104 cm³/mol. The number of aromatic nitrogens is 2. The van der Waals surface area contributed by atoms with Crippen molar-refractivity contribution in [3.8, 4) is 0 Å². The van der Waals surface area contributed by atoms with Gasteiger partial charge in [0.05, 0.1) is 11.8 Å². The first kappa shape index (κ1) is 17.8. The summed E-state index contributed by atoms with van der Waals surface area (Å²) in [6.45, 7) is 5.82. The molecule has 5 nitrogen and oxygen atoms in total. The smallest absolute Gasteiger partial charge is 0.0691 e. The summed E-state index contributed by atoms with van der Waals surface area (Å²) in [7, 11) is 0. The van der Waals surface area contributed by atoms with Gasteiger partial charge in [0.25, 0.3) is 0 Å². The van der Waals surface area contributed by atoms with Crippen LogP contribution in [0.3, 0.4) is 0 Å². The molecule has 0 amide bonds. The molecule has 142 valence electrons. The third kappa shape index (κ3) is 3.60. The molecule has 0 aromatic carbocycles. The van der Waals surface area contributed by atoms with Gasteiger partial charge in [0.2, 0.25) is 0 Å². The van der Waals surface area contributed by atoms with Crippen LogP contribution in [0.5, 0.6) is 0 Å². The van der Waals surface area contributed by atoms with Crippen molar-refractivity contribution in [2.45, 2.75) is 64.0 Å². The number of nitrogens with one attached hydrogen (secondary N) is 3. The summed E-state index contributed by atoms with van der Waals surface area (Å²) in [5.74, 6) is 0. The molecule has 1 saturated heterocycles. The van der Waals surface area contributed by atoms with E-state index in [1.54, 1.807) is 0 Å². The lowest BCUT2D eigenvalue weighted by Crippen LogP contribution is -2.48. The lowest BCUT2D eigenvalue weighted by molar-refractivity contribution is -0.116. The largest absolute Gasteiger partial charge is 0.384 e. The molecule has 4 rings (SSSR count). The van der Waals surface area contributed by atoms with Crippen molar-refractivity contribution in [1.82, 2.24) is 20.8 Å². The van der Waals surface area contributed by atoms with Gasteiger partial charge >= 0.3 is 0 Å². The van der Waals surface area contributed by atoms with Gasteiger partial charge in [0, 0.05) is 42.1 Å². The number of H-pyrrole nitrogens is 1. The van der Waals surface area contributed by atoms with Crippen molar-refractivity contribution in [1.29, 1.82) is 0 Å². The SMILES string of the molecule is Cc1[nH]ncc1CNCC[C@@]1(C2=CC=CCN2)CCOC2(CCCC2)C1. The molecule has 1 aliphatic carbocycles. The van der Waals surface area contributed by atoms with Crippen LogP contribution in [0.1, 0.15) is 56.2 Å². The van der Waals surface area contributed by atoms with Crippen LogP contribution in [-0.2, 0) is 11.3 Å². The molecular weight excluding hydrogens is 324 g/mol. The molecule has 1 spiro atoms. The summed E-state index contributed by atoms with van der Waals surface area (Å²) in [6.07, 6.45) is 17.2. The van der Waals surface area contributed by atoms with E-state index in [2.05, 4.69) is 46.0 Å². The molecule has 1 saturated carbocycles. The van der Waals surface area contributed by atoms with Crippen molar-refractivity contribution in [3.05, 3.63) is 41.4 Å². The van der Waals surface area contributed by atoms with E-state index in [9.17, 15) is 0 Å². The minimum absolute atomic E-state index is 0.128. The molecular formula is C21H32N4O. The summed E-state index contributed by atoms with van der Waals surface area (Å²) in [5.41, 5.74) is 4.19. The molecule has 3 N–H and O–H groups in total. The Bertz CT molecular complexity index is 671. The van der Waals surface area contributed by atoms with E-state index in [1.165, 1.54) is 43.4 Å². The standard InChI is InChI=1S/C21H32N4O/c1-17-18(15-24-25-17)14-22-12-9-20(19-6-2-5-11-23-19)10-13-26-21(16-20)7-3-4-8-21/h2,5-6,15,22-23H,3-4,7-14,16H2,1H3,(H,24,25)/t20-/m1/s1. The molecule has 5 heteroatoms. The minimum atomic E-state index is 0.128. The summed E-state index contributed by atoms with van der Waals surface area (Å²) < 4.78 is 6.35. The first-order valence-corrected chi connectivity index (χ1v) is 10.2. The molecule has 3 heterocycles. The number of hydrogen-bond donors (Lipinski definition) is 3. The Hall–Kier alpha value is -1.59. The topological polar surface area (TPSA) is 62.0 Å². The Morgan fingerprint density at radius 3 is 2.88 bits per heavy atom. The maximum absolute atomic E-state index is 6.35. The van der Waals surface area contributed by atoms with Gasteiger partial charge in [0.1, 0.15) is 0 Å². The van der Waals surface area contributed by atoms with E-state index >= 15 is 0 Å². The highest BCUT2D eigenvalue weighted by Gasteiger charge is 2.48. The average molecular weight is 357 g/mol. The normalized spacial score (nSPS) is 27.5. The zero-order valence-electron chi connectivity index (χ0n) is 15.9. The summed E-state index contributed by atoms with van der Waals surface area (Å²) in [5, 5.41) is 14.5. The lowest BCUT2D eigenvalue weighted by atomic mass is 9.67. The van der Waals surface area contributed by atoms with Crippen LogP contribution >= 0.6 is 0 Å². The van der Waals surface area contributed by atoms with E-state index in [-0.39, 0.29) is 11.0 Å². The van der Waals surface area contributed by atoms with Crippen molar-refractivity contribution >= 4 is 0 Å². The number of aromatic amines is 1. The van der Waals surface area contributed by atoms with E-state index in [0.717, 1.165) is 44.8 Å². The fourth-order valence-corrected chi connectivity index (χ4v) is 5.07. The maximum atomic E-state index is 6.35. The quantitative estimate of drug-likeness (QED) is 0.684. The zero-order chi connectivity index (χ0) is 17.9. The summed E-state index contributed by atoms with van der Waals surface area (Å²) in [6, 6.07) is 0. The van der Waals surface area contributed by atoms with Gasteiger partial charge in [-0.2, -0.15) is 5.10 Å². The van der Waals surface area contributed by atoms with Crippen molar-refractivity contribution in [2.24, 2.45) is 5.41 Å². The molecule has 2 fully saturated rings. The van der Waals surface area contributed by atoms with Crippen LogP contribution in [0.25, 0.3) is 0 Å². The van der Waals surface area contributed by atoms with E-state index in [1.807, 2.05) is 6.20 Å². The Kier molecular flexibility index (Phi) is 5.18. The Morgan fingerprint density at radius 2 is 2.15 bits per heavy atom. The van der Waals surface area contributed by atoms with Gasteiger partial charge in [-0.05, 0) is 51.6 Å². The number of dihydropyridines is 1. The van der Waals surface area contributed by atoms with Gasteiger partial charge < -0.3 is 15.4 Å². The third-order valence-electron chi connectivity index (χ3n) is 6.57. The van der Waals surface area contributed by atoms with E-state index in [0.29, 0.717) is 0 Å². The highest BCUT2D eigenvalue weighted by Crippen LogP contribution is 2.51. The fraction of sp³-hybridized carbons (Fsp3) is 0.667. The van der Waals surface area contributed by atoms with E-state index in [4.69, 9.17) is 4.74 Å². The van der Waals surface area contributed by atoms with Crippen molar-refractivity contribution in [2.75, 3.05) is 19.7 Å². The predicted octanol–water partition coefficient (Wildman–Crippen LogP) is 3.35. The maximum Gasteiger partial charge on any atom is 0.0691 e. The van der Waals surface area contributed by atoms with Crippen molar-refractivity contribution in [3.63, 3.8) is 0 Å². The third-order valence-corrected chi connectivity index (χ3v) is 6.57. The van der Waals surface area contributed by atoms with Gasteiger partial charge in [0.15, 0.2) is 0 Å². The molecule has 1 atom stereocenters. The second-order valence-electron chi connectivity index (χ2n) is 8.28. The number of nitrogens with zero attached hydrogens (tertiary/aromatic N) is 1. The van der Waals surface area contributed by atoms with Crippen LogP contribution in [0.15, 0.2) is 30.1 Å². The molecule has 0 unspecified atom stereocenters. The second-order valence-corrected chi connectivity index (χ2v) is 8.28. The van der Waals surface area contributed by atoms with Crippen LogP contribution in [0.2, 0.25) is 0 Å². The molecule has 3 aliphatic rings. The number of ether oxygens (including phenoxy) is 1. The number of hydrogen-bond acceptors (Lipinski definition) is 4. The van der Waals surface area contributed by atoms with Gasteiger partial charge in [-0.3, -0.25) is 5.10 Å². The molecule has 1 aromatic heterocycles. The van der Waals surface area contributed by atoms with Crippen LogP contribution in [0, 0.1) is 12.3 Å². The summed E-state index contributed by atoms with van der Waals surface area (Å²) in [4.78, 5) is 0. The Balaban J connectivity index is 1.45. The van der Waals surface area contributed by atoms with Gasteiger partial charge in [-0.15, -0.1) is 0 Å². The highest BCUT2D eigenvalue weighted by molar-refractivity contribution is 5.25. The molecule has 0 radical (unpaired) electrons. The van der Waals surface area contributed by atoms with Gasteiger partial charge in [-0.25, -0.2) is 0 Å². The fourth-order valence-electron chi connectivity index (χ4n) is 5.07. The first-order chi connectivity index (χ1) is 12.7. The first-order valence-electron chi connectivity index (χ1n) is 10.2. The molecule has 26 heavy (non-hydrogen) atoms. The second kappa shape index (κ2) is 7.57. The van der Waals surface area contributed by atoms with Crippen LogP contribution < -0.4 is 10.6 Å². The monoisotopic (exact) mass is 356 g/mol. The molecule has 1 aromatic rings. The molecule has 2 aliphatic heterocycles. The summed E-state index contributed by atoms with van der Waals surface area (Å²) >= 11 is 0. The van der Waals surface area contributed by atoms with Crippen molar-refractivity contribution < 1.29 is 4.74 Å². The van der Waals surface area contributed by atoms with Gasteiger partial charge in [-0.1, -0.05) is 25.0 Å². The van der Waals surface area contributed by atoms with Crippen LogP contribution in [0.4, 0.5) is 0 Å². The molecule has 0 bridgehead atoms. The number of rotatable bonds is 6. The van der Waals surface area contributed by atoms with Crippen LogP contribution in [-0.4, -0.2) is 35.5 Å². The van der Waals surface area contributed by atoms with E-state index < -0.39 is 0 Å². The number of allylic oxidation sites excluding steroid dienone is 3. The Labute approximate surface area is 156 Å². The minimum Gasteiger partial charge on any atom is -0.384 e. The highest BCUT2D eigenvalue weighted by atomic mass is 16.5.